The first-order valence-corrected chi connectivity index (χ1v) is 17.4. The Morgan fingerprint density at radius 2 is 1.70 bits per heavy atom. The molecule has 9 heteroatoms. The van der Waals surface area contributed by atoms with Gasteiger partial charge in [0.25, 0.3) is 0 Å². The van der Waals surface area contributed by atoms with Gasteiger partial charge in [0, 0.05) is 35.8 Å². The third-order valence-electron chi connectivity index (χ3n) is 9.85. The maximum absolute atomic E-state index is 16.4. The van der Waals surface area contributed by atoms with E-state index in [-0.39, 0.29) is 23.3 Å². The Kier molecular flexibility index (Phi) is 7.37. The first kappa shape index (κ1) is 29.1. The lowest BCUT2D eigenvalue weighted by molar-refractivity contribution is 0.129. The summed E-state index contributed by atoms with van der Waals surface area (Å²) in [6, 6.07) is 11.9. The predicted molar refractivity (Wildman–Crippen MR) is 172 cm³/mol. The number of aromatic nitrogens is 3. The Balaban J connectivity index is 1.46. The van der Waals surface area contributed by atoms with E-state index < -0.39 is 20.0 Å². The van der Waals surface area contributed by atoms with Crippen LogP contribution in [0.5, 0.6) is 0 Å². The fourth-order valence-corrected chi connectivity index (χ4v) is 13.0. The van der Waals surface area contributed by atoms with E-state index in [4.69, 9.17) is 0 Å². The van der Waals surface area contributed by atoms with Crippen LogP contribution in [0.2, 0.25) is 16.6 Å². The molecule has 0 spiro atoms. The van der Waals surface area contributed by atoms with Crippen LogP contribution in [0.15, 0.2) is 48.9 Å². The van der Waals surface area contributed by atoms with Crippen LogP contribution in [0.4, 0.5) is 15.0 Å². The summed E-state index contributed by atoms with van der Waals surface area (Å²) >= 11 is 0. The van der Waals surface area contributed by atoms with E-state index >= 15 is 4.39 Å². The lowest BCUT2D eigenvalue weighted by Crippen LogP contribution is -2.63. The highest BCUT2D eigenvalue weighted by atomic mass is 28.3. The van der Waals surface area contributed by atoms with E-state index in [1.54, 1.807) is 6.20 Å². The number of likely N-dealkylation sites (tertiary alicyclic amines) is 1. The Morgan fingerprint density at radius 3 is 2.37 bits per heavy atom. The van der Waals surface area contributed by atoms with Gasteiger partial charge in [0.15, 0.2) is 5.82 Å². The standard InChI is InChI=1S/C34H38FN5O2Si/c1-20(2)43(21(3)4,22(5)6)16-14-24-10-7-9-23-11-8-12-25(29(23)24)31-30(35)32-26(17-36-31)33(38-19-37-32)40-18-28-27(40)13-15-39(28)34(41)42/h7-12,17,19-22,27-28H,13,15,18H2,1-6H3,(H,41,42)/t27-,28-/m1/s1. The van der Waals surface area contributed by atoms with Crippen molar-refractivity contribution in [2.75, 3.05) is 18.0 Å². The molecular formula is C34H38FN5O2Si. The summed E-state index contributed by atoms with van der Waals surface area (Å²) < 4.78 is 16.4. The maximum Gasteiger partial charge on any atom is 0.407 e. The molecule has 4 heterocycles. The fraction of sp³-hybridized carbons (Fsp3) is 0.412. The first-order chi connectivity index (χ1) is 20.6. The number of hydrogen-bond acceptors (Lipinski definition) is 5. The third-order valence-corrected chi connectivity index (χ3v) is 16.1. The molecule has 1 amide bonds. The minimum atomic E-state index is -1.98. The molecule has 6 rings (SSSR count). The number of carbonyl (C=O) groups is 1. The van der Waals surface area contributed by atoms with Crippen LogP contribution in [0.25, 0.3) is 32.9 Å². The molecule has 2 atom stereocenters. The van der Waals surface area contributed by atoms with Crippen LogP contribution >= 0.6 is 0 Å². The third kappa shape index (κ3) is 4.54. The smallest absolute Gasteiger partial charge is 0.407 e. The van der Waals surface area contributed by atoms with Crippen molar-refractivity contribution in [2.24, 2.45) is 0 Å². The molecular weight excluding hydrogens is 557 g/mol. The molecule has 0 unspecified atom stereocenters. The van der Waals surface area contributed by atoms with E-state index in [1.807, 2.05) is 36.4 Å². The first-order valence-electron chi connectivity index (χ1n) is 15.2. The van der Waals surface area contributed by atoms with E-state index in [9.17, 15) is 9.90 Å². The van der Waals surface area contributed by atoms with Gasteiger partial charge in [-0.3, -0.25) is 4.98 Å². The Labute approximate surface area is 253 Å². The van der Waals surface area contributed by atoms with Crippen LogP contribution in [0.1, 0.15) is 53.5 Å². The minimum Gasteiger partial charge on any atom is -0.465 e. The SMILES string of the molecule is CC(C)[Si](C#Cc1cccc2cccc(-c3ncc4c(N5C[C@@H]6[C@H]5CCN6C(=O)O)ncnc4c3F)c12)(C(C)C)C(C)C. The van der Waals surface area contributed by atoms with Gasteiger partial charge in [-0.15, -0.1) is 5.54 Å². The molecule has 2 fully saturated rings. The molecule has 0 radical (unpaired) electrons. The molecule has 43 heavy (non-hydrogen) atoms. The number of halogens is 1. The largest absolute Gasteiger partial charge is 0.465 e. The van der Waals surface area contributed by atoms with E-state index in [0.717, 1.165) is 16.3 Å². The van der Waals surface area contributed by atoms with E-state index in [2.05, 4.69) is 72.9 Å². The molecule has 0 saturated carbocycles. The predicted octanol–water partition coefficient (Wildman–Crippen LogP) is 7.49. The molecule has 2 aromatic heterocycles. The molecule has 0 bridgehead atoms. The van der Waals surface area contributed by atoms with Crippen LogP contribution in [0, 0.1) is 17.3 Å². The molecule has 7 nitrogen and oxygen atoms in total. The zero-order valence-corrected chi connectivity index (χ0v) is 26.6. The van der Waals surface area contributed by atoms with Gasteiger partial charge in [0.2, 0.25) is 0 Å². The summed E-state index contributed by atoms with van der Waals surface area (Å²) in [6.07, 6.45) is 2.85. The Bertz CT molecular complexity index is 1770. The average molecular weight is 596 g/mol. The van der Waals surface area contributed by atoms with Crippen molar-refractivity contribution in [3.8, 4) is 22.7 Å². The molecule has 1 N–H and O–H groups in total. The molecule has 2 aliphatic rings. The lowest BCUT2D eigenvalue weighted by Gasteiger charge is -2.47. The zero-order chi connectivity index (χ0) is 30.6. The quantitative estimate of drug-likeness (QED) is 0.190. The van der Waals surface area contributed by atoms with Crippen molar-refractivity contribution in [2.45, 2.75) is 76.7 Å². The highest BCUT2D eigenvalue weighted by molar-refractivity contribution is 6.90. The maximum atomic E-state index is 16.4. The number of fused-ring (bicyclic) bond motifs is 3. The van der Waals surface area contributed by atoms with Crippen LogP contribution < -0.4 is 4.90 Å². The van der Waals surface area contributed by atoms with Gasteiger partial charge in [0.05, 0.1) is 17.5 Å². The number of hydrogen-bond donors (Lipinski definition) is 1. The Morgan fingerprint density at radius 1 is 1.00 bits per heavy atom. The summed E-state index contributed by atoms with van der Waals surface area (Å²) in [6.45, 7) is 14.8. The summed E-state index contributed by atoms with van der Waals surface area (Å²) in [5.74, 6) is 3.69. The lowest BCUT2D eigenvalue weighted by atomic mass is 9.95. The zero-order valence-electron chi connectivity index (χ0n) is 25.6. The van der Waals surface area contributed by atoms with Gasteiger partial charge < -0.3 is 14.9 Å². The summed E-state index contributed by atoms with van der Waals surface area (Å²) in [5, 5.41) is 11.9. The average Bonchev–Trinajstić information content (AvgIpc) is 3.29. The molecule has 2 saturated heterocycles. The van der Waals surface area contributed by atoms with Crippen molar-refractivity contribution >= 4 is 41.7 Å². The van der Waals surface area contributed by atoms with Crippen molar-refractivity contribution in [3.05, 3.63) is 60.3 Å². The highest BCUT2D eigenvalue weighted by Crippen LogP contribution is 2.42. The number of rotatable bonds is 5. The van der Waals surface area contributed by atoms with Gasteiger partial charge >= 0.3 is 6.09 Å². The highest BCUT2D eigenvalue weighted by Gasteiger charge is 2.50. The molecule has 2 aliphatic heterocycles. The number of carboxylic acid groups (broad SMARTS) is 1. The van der Waals surface area contributed by atoms with Crippen LogP contribution in [0.3, 0.4) is 0 Å². The molecule has 2 aromatic carbocycles. The summed E-state index contributed by atoms with van der Waals surface area (Å²) in [7, 11) is -1.98. The monoisotopic (exact) mass is 595 g/mol. The van der Waals surface area contributed by atoms with Crippen molar-refractivity contribution in [1.82, 2.24) is 19.9 Å². The second-order valence-electron chi connectivity index (χ2n) is 12.8. The molecule has 0 aliphatic carbocycles. The van der Waals surface area contributed by atoms with Gasteiger partial charge in [-0.05, 0) is 34.5 Å². The van der Waals surface area contributed by atoms with Gasteiger partial charge in [-0.25, -0.2) is 19.2 Å². The van der Waals surface area contributed by atoms with Crippen molar-refractivity contribution in [1.29, 1.82) is 0 Å². The molecule has 4 aromatic rings. The van der Waals surface area contributed by atoms with Crippen LogP contribution in [-0.4, -0.2) is 64.3 Å². The Hall–Kier alpha value is -4.03. The van der Waals surface area contributed by atoms with E-state index in [1.165, 1.54) is 11.2 Å². The molecule has 222 valence electrons. The second-order valence-corrected chi connectivity index (χ2v) is 18.4. The summed E-state index contributed by atoms with van der Waals surface area (Å²) in [5.41, 5.74) is 7.34. The number of benzene rings is 2. The van der Waals surface area contributed by atoms with Gasteiger partial charge in [-0.1, -0.05) is 77.8 Å². The normalized spacial score (nSPS) is 18.4. The number of nitrogens with zero attached hydrogens (tertiary/aromatic N) is 5. The number of anilines is 1. The fourth-order valence-electron chi connectivity index (χ4n) is 7.75. The summed E-state index contributed by atoms with van der Waals surface area (Å²) in [4.78, 5) is 28.6. The van der Waals surface area contributed by atoms with Crippen molar-refractivity contribution < 1.29 is 14.3 Å². The van der Waals surface area contributed by atoms with Gasteiger partial charge in [-0.2, -0.15) is 0 Å². The second kappa shape index (κ2) is 10.9. The van der Waals surface area contributed by atoms with Crippen molar-refractivity contribution in [3.63, 3.8) is 0 Å². The minimum absolute atomic E-state index is 0.0225. The number of amides is 1. The van der Waals surface area contributed by atoms with E-state index in [0.29, 0.717) is 52.9 Å². The van der Waals surface area contributed by atoms with Crippen LogP contribution in [-0.2, 0) is 0 Å². The number of pyridine rings is 1. The topological polar surface area (TPSA) is 82.5 Å². The van der Waals surface area contributed by atoms with Gasteiger partial charge in [0.1, 0.15) is 31.4 Å².